The monoisotopic (exact) mass is 136 g/mol. The highest BCUT2D eigenvalue weighted by molar-refractivity contribution is 7.89. The maximum atomic E-state index is 4.92. The van der Waals surface area contributed by atoms with Gasteiger partial charge in [-0.3, -0.25) is 8.37 Å². The van der Waals surface area contributed by atoms with Gasteiger partial charge in [0.05, 0.1) is 13.2 Å². The number of hydrogen-bond donors (Lipinski definition) is 0. The Balaban J connectivity index is 2.53. The average molecular weight is 136 g/mol. The lowest BCUT2D eigenvalue weighted by Gasteiger charge is -1.96. The second kappa shape index (κ2) is 7.27. The van der Waals surface area contributed by atoms with Gasteiger partial charge in [-0.1, -0.05) is 6.92 Å². The van der Waals surface area contributed by atoms with Gasteiger partial charge in [0.1, 0.15) is 0 Å². The first kappa shape index (κ1) is 8.27. The molecule has 0 aliphatic rings. The van der Waals surface area contributed by atoms with Gasteiger partial charge in [0, 0.05) is 0 Å². The minimum Gasteiger partial charge on any atom is -0.292 e. The molecule has 0 aromatic carbocycles. The van der Waals surface area contributed by atoms with Crippen molar-refractivity contribution in [3.63, 3.8) is 0 Å². The minimum atomic E-state index is 0.703. The van der Waals surface area contributed by atoms with E-state index in [0.29, 0.717) is 6.61 Å². The van der Waals surface area contributed by atoms with Crippen LogP contribution in [0.2, 0.25) is 0 Å². The van der Waals surface area contributed by atoms with Crippen LogP contribution in [-0.2, 0) is 8.37 Å². The molecule has 0 fully saturated rings. The molecule has 0 unspecified atom stereocenters. The number of rotatable bonds is 5. The Bertz CT molecular complexity index is 35.4. The van der Waals surface area contributed by atoms with Crippen molar-refractivity contribution < 1.29 is 8.37 Å². The molecular formula is C5H12O2S. The molecule has 3 heteroatoms. The highest BCUT2D eigenvalue weighted by Crippen LogP contribution is 2.03. The molecule has 0 amide bonds. The number of hydrogen-bond acceptors (Lipinski definition) is 3. The van der Waals surface area contributed by atoms with Gasteiger partial charge in [-0.2, -0.15) is 0 Å². The summed E-state index contributed by atoms with van der Waals surface area (Å²) in [5.41, 5.74) is 0. The van der Waals surface area contributed by atoms with E-state index in [9.17, 15) is 0 Å². The van der Waals surface area contributed by atoms with Gasteiger partial charge < -0.3 is 0 Å². The predicted octanol–water partition coefficient (Wildman–Crippen LogP) is 2.01. The van der Waals surface area contributed by atoms with Crippen LogP contribution in [0.25, 0.3) is 0 Å². The first-order valence-corrected chi connectivity index (χ1v) is 3.49. The quantitative estimate of drug-likeness (QED) is 0.425. The van der Waals surface area contributed by atoms with Crippen molar-refractivity contribution in [3.05, 3.63) is 0 Å². The standard InChI is InChI=1S/C5H12O2S/c1-3-5-7-8-6-4-2/h3-5H2,1-2H3. The molecule has 0 radical (unpaired) electrons. The largest absolute Gasteiger partial charge is 0.292 e. The van der Waals surface area contributed by atoms with Crippen molar-refractivity contribution in [2.75, 3.05) is 13.2 Å². The van der Waals surface area contributed by atoms with E-state index >= 15 is 0 Å². The molecular weight excluding hydrogens is 124 g/mol. The summed E-state index contributed by atoms with van der Waals surface area (Å²) in [6.45, 7) is 5.47. The van der Waals surface area contributed by atoms with Crippen molar-refractivity contribution in [1.82, 2.24) is 0 Å². The maximum Gasteiger partial charge on any atom is 0.158 e. The Morgan fingerprint density at radius 3 is 2.50 bits per heavy atom. The first-order chi connectivity index (χ1) is 3.91. The lowest BCUT2D eigenvalue weighted by Crippen LogP contribution is -1.84. The zero-order chi connectivity index (χ0) is 6.24. The zero-order valence-electron chi connectivity index (χ0n) is 5.35. The molecule has 0 aliphatic carbocycles. The fourth-order valence-corrected chi connectivity index (χ4v) is 0.598. The third-order valence-corrected chi connectivity index (χ3v) is 1.10. The summed E-state index contributed by atoms with van der Waals surface area (Å²) in [6.07, 6.45) is 1.04. The Morgan fingerprint density at radius 2 is 2.00 bits per heavy atom. The van der Waals surface area contributed by atoms with Crippen LogP contribution in [0.15, 0.2) is 0 Å². The first-order valence-electron chi connectivity index (χ1n) is 2.82. The highest BCUT2D eigenvalue weighted by atomic mass is 32.2. The molecule has 0 heterocycles. The van der Waals surface area contributed by atoms with Crippen LogP contribution in [0, 0.1) is 0 Å². The van der Waals surface area contributed by atoms with E-state index in [0.717, 1.165) is 25.4 Å². The van der Waals surface area contributed by atoms with E-state index in [1.165, 1.54) is 0 Å². The fraction of sp³-hybridized carbons (Fsp3) is 1.00. The van der Waals surface area contributed by atoms with E-state index < -0.39 is 0 Å². The molecule has 0 aliphatic heterocycles. The van der Waals surface area contributed by atoms with Crippen LogP contribution in [-0.4, -0.2) is 13.2 Å². The molecule has 50 valence electrons. The molecule has 0 aromatic rings. The molecule has 8 heavy (non-hydrogen) atoms. The Kier molecular flexibility index (Phi) is 7.52. The SMILES string of the molecule is CCCOSOCC. The summed E-state index contributed by atoms with van der Waals surface area (Å²) in [5, 5.41) is 0. The maximum absolute atomic E-state index is 4.92. The molecule has 0 rings (SSSR count). The third-order valence-electron chi connectivity index (χ3n) is 0.502. The van der Waals surface area contributed by atoms with Crippen molar-refractivity contribution >= 4 is 12.3 Å². The molecule has 0 saturated carbocycles. The van der Waals surface area contributed by atoms with Gasteiger partial charge in [-0.05, 0) is 13.3 Å². The highest BCUT2D eigenvalue weighted by Gasteiger charge is 1.83. The average Bonchev–Trinajstić information content (AvgIpc) is 1.81. The van der Waals surface area contributed by atoms with Crippen LogP contribution in [0.3, 0.4) is 0 Å². The Morgan fingerprint density at radius 1 is 1.25 bits per heavy atom. The van der Waals surface area contributed by atoms with Crippen LogP contribution in [0.1, 0.15) is 20.3 Å². The summed E-state index contributed by atoms with van der Waals surface area (Å²) < 4.78 is 9.75. The smallest absolute Gasteiger partial charge is 0.158 e. The minimum absolute atomic E-state index is 0.703. The molecule has 0 spiro atoms. The molecule has 0 atom stereocenters. The van der Waals surface area contributed by atoms with E-state index in [4.69, 9.17) is 8.37 Å². The van der Waals surface area contributed by atoms with Crippen molar-refractivity contribution in [3.8, 4) is 0 Å². The fourth-order valence-electron chi connectivity index (χ4n) is 0.199. The molecule has 2 nitrogen and oxygen atoms in total. The van der Waals surface area contributed by atoms with Gasteiger partial charge in [-0.25, -0.2) is 0 Å². The molecule has 0 bridgehead atoms. The zero-order valence-corrected chi connectivity index (χ0v) is 6.16. The Labute approximate surface area is 55.0 Å². The van der Waals surface area contributed by atoms with Crippen LogP contribution < -0.4 is 0 Å². The normalized spacial score (nSPS) is 9.75. The van der Waals surface area contributed by atoms with Crippen LogP contribution in [0.5, 0.6) is 0 Å². The van der Waals surface area contributed by atoms with Crippen molar-refractivity contribution in [1.29, 1.82) is 0 Å². The van der Waals surface area contributed by atoms with Gasteiger partial charge in [0.15, 0.2) is 12.3 Å². The predicted molar refractivity (Wildman–Crippen MR) is 35.5 cm³/mol. The van der Waals surface area contributed by atoms with E-state index in [1.807, 2.05) is 6.92 Å². The molecule has 0 aromatic heterocycles. The second-order valence-corrected chi connectivity index (χ2v) is 1.90. The van der Waals surface area contributed by atoms with Crippen LogP contribution >= 0.6 is 12.3 Å². The Hall–Kier alpha value is 0.270. The van der Waals surface area contributed by atoms with Crippen molar-refractivity contribution in [2.45, 2.75) is 20.3 Å². The van der Waals surface area contributed by atoms with Gasteiger partial charge in [0.25, 0.3) is 0 Å². The summed E-state index contributed by atoms with van der Waals surface area (Å²) in [6, 6.07) is 0. The summed E-state index contributed by atoms with van der Waals surface area (Å²) in [4.78, 5) is 0. The van der Waals surface area contributed by atoms with E-state index in [-0.39, 0.29) is 0 Å². The summed E-state index contributed by atoms with van der Waals surface area (Å²) in [7, 11) is 0. The second-order valence-electron chi connectivity index (χ2n) is 1.30. The van der Waals surface area contributed by atoms with E-state index in [1.54, 1.807) is 0 Å². The summed E-state index contributed by atoms with van der Waals surface area (Å²) >= 11 is 1.08. The summed E-state index contributed by atoms with van der Waals surface area (Å²) in [5.74, 6) is 0. The molecule has 0 N–H and O–H groups in total. The topological polar surface area (TPSA) is 18.5 Å². The van der Waals surface area contributed by atoms with Crippen molar-refractivity contribution in [2.24, 2.45) is 0 Å². The van der Waals surface area contributed by atoms with Gasteiger partial charge >= 0.3 is 0 Å². The van der Waals surface area contributed by atoms with Gasteiger partial charge in [0.2, 0.25) is 0 Å². The van der Waals surface area contributed by atoms with E-state index in [2.05, 4.69) is 6.92 Å². The third kappa shape index (κ3) is 6.27. The van der Waals surface area contributed by atoms with Gasteiger partial charge in [-0.15, -0.1) is 0 Å². The molecule has 0 saturated heterocycles. The lowest BCUT2D eigenvalue weighted by molar-refractivity contribution is 0.296. The lowest BCUT2D eigenvalue weighted by atomic mass is 10.5. The van der Waals surface area contributed by atoms with Crippen LogP contribution in [0.4, 0.5) is 0 Å².